The molecule has 0 amide bonds. The van der Waals surface area contributed by atoms with Crippen LogP contribution in [0.3, 0.4) is 0 Å². The number of hydrogen-bond donors (Lipinski definition) is 6. The molecule has 6 nitrogen and oxygen atoms in total. The highest BCUT2D eigenvalue weighted by Crippen LogP contribution is 2.34. The molecule has 0 spiro atoms. The maximum absolute atomic E-state index is 9.77. The molecule has 6 N–H and O–H groups in total. The van der Waals surface area contributed by atoms with Crippen molar-refractivity contribution >= 4 is 0 Å². The first-order valence-corrected chi connectivity index (χ1v) is 4.45. The van der Waals surface area contributed by atoms with Crippen LogP contribution in [0, 0.1) is 5.92 Å². The first kappa shape index (κ1) is 11.8. The SMILES string of the molecule is OC[C@H]1C[C@@H](O)[C@H](O)[C@H](O)[C@]1(O)CO. The summed E-state index contributed by atoms with van der Waals surface area (Å²) in [6.07, 6.45) is -4.43. The average Bonchev–Trinajstić information content (AvgIpc) is 2.20. The largest absolute Gasteiger partial charge is 0.396 e. The predicted octanol–water partition coefficient (Wildman–Crippen LogP) is -3.20. The van der Waals surface area contributed by atoms with Gasteiger partial charge in [-0.15, -0.1) is 0 Å². The molecule has 0 unspecified atom stereocenters. The average molecular weight is 208 g/mol. The molecule has 14 heavy (non-hydrogen) atoms. The van der Waals surface area contributed by atoms with E-state index in [4.69, 9.17) is 10.2 Å². The van der Waals surface area contributed by atoms with Crippen molar-refractivity contribution in [2.45, 2.75) is 30.3 Å². The first-order valence-electron chi connectivity index (χ1n) is 4.45. The van der Waals surface area contributed by atoms with Crippen molar-refractivity contribution in [2.24, 2.45) is 5.92 Å². The Kier molecular flexibility index (Phi) is 3.46. The van der Waals surface area contributed by atoms with E-state index >= 15 is 0 Å². The third-order valence-corrected chi connectivity index (χ3v) is 2.94. The molecule has 1 fully saturated rings. The Morgan fingerprint density at radius 1 is 1.14 bits per heavy atom. The molecule has 1 aliphatic carbocycles. The van der Waals surface area contributed by atoms with Crippen LogP contribution in [-0.4, -0.2) is 67.8 Å². The Bertz CT molecular complexity index is 194. The molecule has 0 aliphatic heterocycles. The molecule has 0 aromatic carbocycles. The predicted molar refractivity (Wildman–Crippen MR) is 45.2 cm³/mol. The van der Waals surface area contributed by atoms with Crippen molar-refractivity contribution in [1.29, 1.82) is 0 Å². The van der Waals surface area contributed by atoms with Crippen LogP contribution >= 0.6 is 0 Å². The van der Waals surface area contributed by atoms with Crippen molar-refractivity contribution in [1.82, 2.24) is 0 Å². The van der Waals surface area contributed by atoms with E-state index in [-0.39, 0.29) is 6.42 Å². The topological polar surface area (TPSA) is 121 Å². The summed E-state index contributed by atoms with van der Waals surface area (Å²) in [4.78, 5) is 0. The quantitative estimate of drug-likeness (QED) is 0.284. The zero-order valence-electron chi connectivity index (χ0n) is 7.61. The second kappa shape index (κ2) is 4.09. The van der Waals surface area contributed by atoms with Crippen LogP contribution in [0.25, 0.3) is 0 Å². The van der Waals surface area contributed by atoms with Crippen molar-refractivity contribution in [3.05, 3.63) is 0 Å². The van der Waals surface area contributed by atoms with Gasteiger partial charge in [-0.1, -0.05) is 0 Å². The molecule has 0 aromatic heterocycles. The molecule has 0 radical (unpaired) electrons. The Morgan fingerprint density at radius 3 is 2.14 bits per heavy atom. The van der Waals surface area contributed by atoms with E-state index in [1.165, 1.54) is 0 Å². The number of aliphatic hydroxyl groups is 6. The summed E-state index contributed by atoms with van der Waals surface area (Å²) in [6, 6.07) is 0. The van der Waals surface area contributed by atoms with Crippen molar-refractivity contribution in [3.63, 3.8) is 0 Å². The number of rotatable bonds is 2. The molecule has 0 bridgehead atoms. The normalized spacial score (nSPS) is 49.3. The lowest BCUT2D eigenvalue weighted by Crippen LogP contribution is -2.64. The van der Waals surface area contributed by atoms with Gasteiger partial charge in [-0.3, -0.25) is 0 Å². The van der Waals surface area contributed by atoms with Crippen LogP contribution in [0.4, 0.5) is 0 Å². The van der Waals surface area contributed by atoms with Crippen LogP contribution in [-0.2, 0) is 0 Å². The van der Waals surface area contributed by atoms with Gasteiger partial charge in [0.2, 0.25) is 0 Å². The Hall–Kier alpha value is -0.240. The molecule has 84 valence electrons. The fourth-order valence-corrected chi connectivity index (χ4v) is 1.84. The zero-order valence-corrected chi connectivity index (χ0v) is 7.61. The van der Waals surface area contributed by atoms with Gasteiger partial charge in [-0.2, -0.15) is 0 Å². The molecule has 6 heteroatoms. The Balaban J connectivity index is 2.89. The monoisotopic (exact) mass is 208 g/mol. The Labute approximate surface area is 81.1 Å². The van der Waals surface area contributed by atoms with E-state index < -0.39 is 43.0 Å². The summed E-state index contributed by atoms with van der Waals surface area (Å²) in [5, 5.41) is 55.6. The van der Waals surface area contributed by atoms with Gasteiger partial charge in [0.25, 0.3) is 0 Å². The lowest BCUT2D eigenvalue weighted by molar-refractivity contribution is -0.229. The van der Waals surface area contributed by atoms with Gasteiger partial charge in [0.05, 0.1) is 12.7 Å². The van der Waals surface area contributed by atoms with Crippen LogP contribution in [0.5, 0.6) is 0 Å². The van der Waals surface area contributed by atoms with Gasteiger partial charge < -0.3 is 30.6 Å². The highest BCUT2D eigenvalue weighted by Gasteiger charge is 2.52. The molecule has 0 heterocycles. The van der Waals surface area contributed by atoms with Gasteiger partial charge in [-0.25, -0.2) is 0 Å². The third-order valence-electron chi connectivity index (χ3n) is 2.94. The van der Waals surface area contributed by atoms with Gasteiger partial charge >= 0.3 is 0 Å². The molecule has 1 rings (SSSR count). The summed E-state index contributed by atoms with van der Waals surface area (Å²) in [7, 11) is 0. The van der Waals surface area contributed by atoms with Crippen LogP contribution in [0.2, 0.25) is 0 Å². The van der Waals surface area contributed by atoms with Gasteiger partial charge in [-0.05, 0) is 6.42 Å². The van der Waals surface area contributed by atoms with Crippen LogP contribution in [0.1, 0.15) is 6.42 Å². The first-order chi connectivity index (χ1) is 6.47. The second-order valence-electron chi connectivity index (χ2n) is 3.77. The Morgan fingerprint density at radius 2 is 1.71 bits per heavy atom. The van der Waals surface area contributed by atoms with E-state index in [1.54, 1.807) is 0 Å². The van der Waals surface area contributed by atoms with Gasteiger partial charge in [0.15, 0.2) is 0 Å². The molecule has 1 aliphatic rings. The van der Waals surface area contributed by atoms with E-state index in [0.29, 0.717) is 0 Å². The minimum absolute atomic E-state index is 0.0637. The van der Waals surface area contributed by atoms with E-state index in [9.17, 15) is 20.4 Å². The minimum atomic E-state index is -1.95. The summed E-state index contributed by atoms with van der Waals surface area (Å²) in [5.41, 5.74) is -1.95. The number of aliphatic hydroxyl groups excluding tert-OH is 5. The van der Waals surface area contributed by atoms with E-state index in [2.05, 4.69) is 0 Å². The van der Waals surface area contributed by atoms with E-state index in [0.717, 1.165) is 0 Å². The lowest BCUT2D eigenvalue weighted by Gasteiger charge is -2.45. The summed E-state index contributed by atoms with van der Waals surface area (Å²) in [5.74, 6) is -0.846. The summed E-state index contributed by atoms with van der Waals surface area (Å²) in [6.45, 7) is -1.25. The van der Waals surface area contributed by atoms with E-state index in [1.807, 2.05) is 0 Å². The standard InChI is InChI=1S/C8H16O6/c9-2-4-1-5(11)6(12)7(13)8(4,14)3-10/h4-7,9-14H,1-3H2/t4-,5-,6+,7+,8+/m1/s1. The third kappa shape index (κ3) is 1.65. The minimum Gasteiger partial charge on any atom is -0.396 e. The second-order valence-corrected chi connectivity index (χ2v) is 3.77. The van der Waals surface area contributed by atoms with Crippen LogP contribution < -0.4 is 0 Å². The molecule has 0 saturated heterocycles. The number of hydrogen-bond acceptors (Lipinski definition) is 6. The van der Waals surface area contributed by atoms with Crippen molar-refractivity contribution < 1.29 is 30.6 Å². The molecule has 0 aromatic rings. The molecule has 1 saturated carbocycles. The highest BCUT2D eigenvalue weighted by molar-refractivity contribution is 5.03. The molecular formula is C8H16O6. The summed E-state index contributed by atoms with van der Waals surface area (Å²) >= 11 is 0. The van der Waals surface area contributed by atoms with Crippen molar-refractivity contribution in [2.75, 3.05) is 13.2 Å². The highest BCUT2D eigenvalue weighted by atomic mass is 16.4. The molecule has 5 atom stereocenters. The zero-order chi connectivity index (χ0) is 10.9. The lowest BCUT2D eigenvalue weighted by atomic mass is 9.71. The maximum atomic E-state index is 9.77. The van der Waals surface area contributed by atoms with Crippen molar-refractivity contribution in [3.8, 4) is 0 Å². The van der Waals surface area contributed by atoms with Crippen LogP contribution in [0.15, 0.2) is 0 Å². The van der Waals surface area contributed by atoms with Gasteiger partial charge in [0.1, 0.15) is 17.8 Å². The smallest absolute Gasteiger partial charge is 0.121 e. The summed E-state index contributed by atoms with van der Waals surface area (Å²) < 4.78 is 0. The fourth-order valence-electron chi connectivity index (χ4n) is 1.84. The van der Waals surface area contributed by atoms with Gasteiger partial charge in [0, 0.05) is 12.5 Å². The fraction of sp³-hybridized carbons (Fsp3) is 1.00. The molecular weight excluding hydrogens is 192 g/mol. The maximum Gasteiger partial charge on any atom is 0.121 e.